The largest absolute Gasteiger partial charge is 0.394 e. The Morgan fingerprint density at radius 2 is 2.07 bits per heavy atom. The minimum atomic E-state index is -0.637. The maximum Gasteiger partial charge on any atom is 0.279 e. The van der Waals surface area contributed by atoms with Crippen LogP contribution in [0.5, 0.6) is 0 Å². The van der Waals surface area contributed by atoms with Crippen LogP contribution in [0.2, 0.25) is 0 Å². The average Bonchev–Trinajstić information content (AvgIpc) is 2.22. The van der Waals surface area contributed by atoms with Crippen molar-refractivity contribution in [2.45, 2.75) is 0 Å². The topological polar surface area (TPSA) is 60.9 Å². The van der Waals surface area contributed by atoms with Crippen molar-refractivity contribution in [3.05, 3.63) is 52.8 Å². The highest BCUT2D eigenvalue weighted by atomic mass is 19.1. The first kappa shape index (κ1) is 9.39. The number of hydrogen-bond donors (Lipinski definition) is 1. The molecule has 0 aromatic carbocycles. The second kappa shape index (κ2) is 3.53. The normalized spacial score (nSPS) is 10.2. The zero-order valence-electron chi connectivity index (χ0n) is 7.72. The molecule has 0 unspecified atom stereocenters. The maximum atomic E-state index is 12.8. The van der Waals surface area contributed by atoms with Crippen molar-refractivity contribution in [3.8, 4) is 5.82 Å². The van der Waals surface area contributed by atoms with E-state index in [-0.39, 0.29) is 11.5 Å². The molecular weight excluding hydrogens is 197 g/mol. The number of halogens is 1. The van der Waals surface area contributed by atoms with E-state index in [9.17, 15) is 9.18 Å². The average molecular weight is 205 g/mol. The van der Waals surface area contributed by atoms with Crippen molar-refractivity contribution in [1.82, 2.24) is 9.55 Å². The molecule has 0 bridgehead atoms. The fraction of sp³-hybridized carbons (Fsp3) is 0. The second-order valence-electron chi connectivity index (χ2n) is 2.96. The predicted octanol–water partition coefficient (Wildman–Crippen LogP) is 0.954. The first-order valence-electron chi connectivity index (χ1n) is 4.28. The monoisotopic (exact) mass is 205 g/mol. The van der Waals surface area contributed by atoms with E-state index in [4.69, 9.17) is 5.73 Å². The summed E-state index contributed by atoms with van der Waals surface area (Å²) in [6.07, 6.45) is 1.49. The third kappa shape index (κ3) is 1.71. The molecule has 0 amide bonds. The molecule has 15 heavy (non-hydrogen) atoms. The lowest BCUT2D eigenvalue weighted by atomic mass is 10.4. The van der Waals surface area contributed by atoms with E-state index in [2.05, 4.69) is 4.98 Å². The van der Waals surface area contributed by atoms with Crippen LogP contribution in [-0.4, -0.2) is 9.55 Å². The molecule has 0 radical (unpaired) electrons. The summed E-state index contributed by atoms with van der Waals surface area (Å²) in [5.41, 5.74) is 5.13. The quantitative estimate of drug-likeness (QED) is 0.705. The van der Waals surface area contributed by atoms with E-state index >= 15 is 0 Å². The lowest BCUT2D eigenvalue weighted by Gasteiger charge is -2.04. The van der Waals surface area contributed by atoms with E-state index in [0.717, 1.165) is 0 Å². The molecule has 4 nitrogen and oxygen atoms in total. The Kier molecular flexibility index (Phi) is 2.21. The molecule has 0 fully saturated rings. The molecule has 0 aliphatic carbocycles. The molecule has 2 rings (SSSR count). The lowest BCUT2D eigenvalue weighted by molar-refractivity contribution is 0.579. The van der Waals surface area contributed by atoms with Crippen molar-refractivity contribution in [2.24, 2.45) is 0 Å². The maximum absolute atomic E-state index is 12.8. The van der Waals surface area contributed by atoms with Gasteiger partial charge in [-0.15, -0.1) is 0 Å². The van der Waals surface area contributed by atoms with E-state index in [1.807, 2.05) is 0 Å². The molecule has 0 spiro atoms. The third-order valence-corrected chi connectivity index (χ3v) is 1.92. The number of hydrogen-bond acceptors (Lipinski definition) is 3. The summed E-state index contributed by atoms with van der Waals surface area (Å²) < 4.78 is 14.0. The second-order valence-corrected chi connectivity index (χ2v) is 2.96. The summed E-state index contributed by atoms with van der Waals surface area (Å²) in [4.78, 5) is 15.1. The summed E-state index contributed by atoms with van der Waals surface area (Å²) in [7, 11) is 0. The molecule has 2 N–H and O–H groups in total. The van der Waals surface area contributed by atoms with Gasteiger partial charge in [-0.2, -0.15) is 4.39 Å². The summed E-state index contributed by atoms with van der Waals surface area (Å²) >= 11 is 0. The highest BCUT2D eigenvalue weighted by Crippen LogP contribution is 2.03. The molecule has 0 aliphatic heterocycles. The van der Waals surface area contributed by atoms with Gasteiger partial charge in [-0.1, -0.05) is 6.07 Å². The smallest absolute Gasteiger partial charge is 0.279 e. The van der Waals surface area contributed by atoms with Gasteiger partial charge in [-0.3, -0.25) is 9.36 Å². The summed E-state index contributed by atoms with van der Waals surface area (Å²) in [6.45, 7) is 0. The van der Waals surface area contributed by atoms with Gasteiger partial charge in [0.2, 0.25) is 5.95 Å². The molecule has 5 heteroatoms. The Labute approximate surface area is 84.8 Å². The Balaban J connectivity index is 2.65. The summed E-state index contributed by atoms with van der Waals surface area (Å²) in [5.74, 6) is -0.422. The Hall–Kier alpha value is -2.17. The van der Waals surface area contributed by atoms with Crippen molar-refractivity contribution < 1.29 is 4.39 Å². The number of aromatic nitrogens is 2. The molecule has 0 saturated carbocycles. The Bertz CT molecular complexity index is 550. The van der Waals surface area contributed by atoms with E-state index < -0.39 is 11.5 Å². The highest BCUT2D eigenvalue weighted by molar-refractivity contribution is 5.37. The third-order valence-electron chi connectivity index (χ3n) is 1.92. The van der Waals surface area contributed by atoms with Crippen LogP contribution in [0, 0.1) is 5.95 Å². The highest BCUT2D eigenvalue weighted by Gasteiger charge is 2.03. The zero-order chi connectivity index (χ0) is 10.8. The number of pyridine rings is 2. The standard InChI is InChI=1S/C10H8FN3O/c11-8-4-1-5-9(13-8)14-6-2-3-7(12)10(14)15/h1-6H,12H2. The lowest BCUT2D eigenvalue weighted by Crippen LogP contribution is -2.21. The van der Waals surface area contributed by atoms with Crippen LogP contribution in [-0.2, 0) is 0 Å². The van der Waals surface area contributed by atoms with Gasteiger partial charge < -0.3 is 5.73 Å². The Morgan fingerprint density at radius 3 is 2.80 bits per heavy atom. The molecule has 0 saturated heterocycles. The number of nitrogens with two attached hydrogens (primary N) is 1. The van der Waals surface area contributed by atoms with Gasteiger partial charge in [0.15, 0.2) is 0 Å². The molecule has 2 aromatic rings. The van der Waals surface area contributed by atoms with Gasteiger partial charge in [-0.05, 0) is 24.3 Å². The number of nitrogen functional groups attached to an aromatic ring is 1. The Morgan fingerprint density at radius 1 is 1.27 bits per heavy atom. The molecular formula is C10H8FN3O. The van der Waals surface area contributed by atoms with Crippen LogP contribution in [0.1, 0.15) is 0 Å². The van der Waals surface area contributed by atoms with Gasteiger partial charge >= 0.3 is 0 Å². The first-order chi connectivity index (χ1) is 7.18. The van der Waals surface area contributed by atoms with Gasteiger partial charge in [-0.25, -0.2) is 4.98 Å². The van der Waals surface area contributed by atoms with Gasteiger partial charge in [0.25, 0.3) is 5.56 Å². The van der Waals surface area contributed by atoms with Crippen LogP contribution in [0.25, 0.3) is 5.82 Å². The van der Waals surface area contributed by atoms with Gasteiger partial charge in [0.05, 0.1) is 5.69 Å². The minimum absolute atomic E-state index is 0.101. The van der Waals surface area contributed by atoms with Crippen LogP contribution >= 0.6 is 0 Å². The van der Waals surface area contributed by atoms with Crippen LogP contribution in [0.4, 0.5) is 10.1 Å². The predicted molar refractivity (Wildman–Crippen MR) is 54.2 cm³/mol. The van der Waals surface area contributed by atoms with Crippen molar-refractivity contribution in [3.63, 3.8) is 0 Å². The molecule has 2 aromatic heterocycles. The van der Waals surface area contributed by atoms with E-state index in [1.54, 1.807) is 6.07 Å². The summed E-state index contributed by atoms with van der Waals surface area (Å²) in [5, 5.41) is 0. The van der Waals surface area contributed by atoms with Crippen LogP contribution in [0.3, 0.4) is 0 Å². The fourth-order valence-corrected chi connectivity index (χ4v) is 1.22. The van der Waals surface area contributed by atoms with E-state index in [0.29, 0.717) is 0 Å². The van der Waals surface area contributed by atoms with Crippen LogP contribution in [0.15, 0.2) is 41.3 Å². The van der Waals surface area contributed by atoms with Crippen molar-refractivity contribution in [1.29, 1.82) is 0 Å². The zero-order valence-corrected chi connectivity index (χ0v) is 7.72. The summed E-state index contributed by atoms with van der Waals surface area (Å²) in [6, 6.07) is 7.31. The van der Waals surface area contributed by atoms with Crippen molar-refractivity contribution in [2.75, 3.05) is 5.73 Å². The fourth-order valence-electron chi connectivity index (χ4n) is 1.22. The minimum Gasteiger partial charge on any atom is -0.394 e. The van der Waals surface area contributed by atoms with E-state index in [1.165, 1.54) is 35.0 Å². The molecule has 2 heterocycles. The van der Waals surface area contributed by atoms with Gasteiger partial charge in [0.1, 0.15) is 5.82 Å². The number of anilines is 1. The first-order valence-corrected chi connectivity index (χ1v) is 4.28. The molecule has 0 aliphatic rings. The molecule has 76 valence electrons. The van der Waals surface area contributed by atoms with Crippen LogP contribution < -0.4 is 11.3 Å². The number of rotatable bonds is 1. The van der Waals surface area contributed by atoms with Gasteiger partial charge in [0, 0.05) is 6.20 Å². The van der Waals surface area contributed by atoms with Crippen molar-refractivity contribution >= 4 is 5.69 Å². The molecule has 0 atom stereocenters. The number of nitrogens with zero attached hydrogens (tertiary/aromatic N) is 2. The SMILES string of the molecule is Nc1cccn(-c2cccc(F)n2)c1=O.